The summed E-state index contributed by atoms with van der Waals surface area (Å²) in [5.74, 6) is 0.885. The topological polar surface area (TPSA) is 237 Å². The van der Waals surface area contributed by atoms with Gasteiger partial charge in [-0.3, -0.25) is 37.3 Å². The van der Waals surface area contributed by atoms with Gasteiger partial charge < -0.3 is 33.8 Å². The quantitative estimate of drug-likeness (QED) is 0.0222. The largest absolute Gasteiger partial charge is 0.472 e. The molecule has 19 heteroatoms. The van der Waals surface area contributed by atoms with E-state index in [1.54, 1.807) is 0 Å². The van der Waals surface area contributed by atoms with E-state index in [1.165, 1.54) is 161 Å². The van der Waals surface area contributed by atoms with E-state index in [0.717, 1.165) is 120 Å². The summed E-state index contributed by atoms with van der Waals surface area (Å²) in [5, 5.41) is 10.6. The lowest BCUT2D eigenvalue weighted by molar-refractivity contribution is -0.161. The molecule has 0 radical (unpaired) electrons. The Morgan fingerprint density at radius 3 is 0.772 bits per heavy atom. The van der Waals surface area contributed by atoms with E-state index in [1.807, 2.05) is 0 Å². The van der Waals surface area contributed by atoms with Gasteiger partial charge in [-0.1, -0.05) is 312 Å². The van der Waals surface area contributed by atoms with Crippen molar-refractivity contribution in [3.8, 4) is 0 Å². The Balaban J connectivity index is 5.23. The van der Waals surface area contributed by atoms with E-state index >= 15 is 0 Å². The maximum atomic E-state index is 13.0. The van der Waals surface area contributed by atoms with Gasteiger partial charge in [0.05, 0.1) is 26.4 Å². The SMILES string of the molecule is CCC(C)CCCCCCCCC(=O)OC[C@H](COP(=O)(O)OCC(O)COP(=O)(O)OC[C@@H](COC(=O)CCCCCCCCCCC(C)C)OC(=O)CCCCCCCCCCCCC(C)C)OC(=O)CCCCCCCCCCCCCCCCCC(C)C. The zero-order valence-corrected chi connectivity index (χ0v) is 62.0. The number of unbranched alkanes of at least 4 members (excludes halogenated alkanes) is 35. The van der Waals surface area contributed by atoms with E-state index in [2.05, 4.69) is 55.4 Å². The Morgan fingerprint density at radius 1 is 0.304 bits per heavy atom. The van der Waals surface area contributed by atoms with E-state index in [0.29, 0.717) is 25.7 Å². The molecule has 0 aromatic rings. The van der Waals surface area contributed by atoms with Crippen LogP contribution in [0.4, 0.5) is 0 Å². The number of carbonyl (C=O) groups is 4. The van der Waals surface area contributed by atoms with Crippen LogP contribution in [-0.4, -0.2) is 96.7 Å². The molecule has 6 atom stereocenters. The predicted molar refractivity (Wildman–Crippen MR) is 372 cm³/mol. The van der Waals surface area contributed by atoms with Crippen LogP contribution >= 0.6 is 15.6 Å². The number of carbonyl (C=O) groups excluding carboxylic acids is 4. The summed E-state index contributed by atoms with van der Waals surface area (Å²) in [6, 6.07) is 0. The molecule has 0 rings (SSSR count). The molecule has 0 amide bonds. The molecule has 17 nitrogen and oxygen atoms in total. The second-order valence-electron chi connectivity index (χ2n) is 28.0. The van der Waals surface area contributed by atoms with Crippen LogP contribution in [0.2, 0.25) is 0 Å². The summed E-state index contributed by atoms with van der Waals surface area (Å²) in [6.07, 6.45) is 45.9. The van der Waals surface area contributed by atoms with Crippen molar-refractivity contribution in [3.63, 3.8) is 0 Å². The first-order chi connectivity index (χ1) is 44.1. The Morgan fingerprint density at radius 2 is 0.522 bits per heavy atom. The minimum absolute atomic E-state index is 0.105. The molecule has 0 spiro atoms. The number of phosphoric ester groups is 2. The first kappa shape index (κ1) is 90.1. The molecule has 0 aromatic heterocycles. The van der Waals surface area contributed by atoms with Crippen molar-refractivity contribution in [2.24, 2.45) is 23.7 Å². The highest BCUT2D eigenvalue weighted by Gasteiger charge is 2.30. The molecule has 0 aliphatic carbocycles. The maximum Gasteiger partial charge on any atom is 0.472 e. The number of aliphatic hydroxyl groups is 1. The van der Waals surface area contributed by atoms with Gasteiger partial charge in [0.15, 0.2) is 12.2 Å². The molecule has 0 fully saturated rings. The fourth-order valence-corrected chi connectivity index (χ4v) is 12.6. The van der Waals surface area contributed by atoms with E-state index in [4.69, 9.17) is 37.0 Å². The van der Waals surface area contributed by atoms with Crippen molar-refractivity contribution in [3.05, 3.63) is 0 Å². The summed E-state index contributed by atoms with van der Waals surface area (Å²) in [6.45, 7) is 14.1. The molecule has 546 valence electrons. The number of ether oxygens (including phenoxy) is 4. The number of phosphoric acid groups is 2. The normalized spacial score (nSPS) is 14.5. The summed E-state index contributed by atoms with van der Waals surface area (Å²) in [4.78, 5) is 72.7. The Bertz CT molecular complexity index is 1820. The van der Waals surface area contributed by atoms with Crippen LogP contribution < -0.4 is 0 Å². The third kappa shape index (κ3) is 65.4. The average molecular weight is 1350 g/mol. The monoisotopic (exact) mass is 1350 g/mol. The molecule has 4 unspecified atom stereocenters. The molecule has 0 aromatic carbocycles. The summed E-state index contributed by atoms with van der Waals surface area (Å²) in [5.41, 5.74) is 0. The van der Waals surface area contributed by atoms with Crippen molar-refractivity contribution < 1.29 is 80.2 Å². The second kappa shape index (κ2) is 62.6. The lowest BCUT2D eigenvalue weighted by Gasteiger charge is -2.21. The molecule has 0 aliphatic rings. The Labute approximate surface area is 562 Å². The van der Waals surface area contributed by atoms with Crippen LogP contribution in [0.5, 0.6) is 0 Å². The number of rotatable bonds is 70. The molecule has 3 N–H and O–H groups in total. The molecule has 92 heavy (non-hydrogen) atoms. The van der Waals surface area contributed by atoms with Crippen LogP contribution in [0.15, 0.2) is 0 Å². The highest BCUT2D eigenvalue weighted by molar-refractivity contribution is 7.47. The minimum Gasteiger partial charge on any atom is -0.462 e. The van der Waals surface area contributed by atoms with Crippen LogP contribution in [0.25, 0.3) is 0 Å². The molecule has 0 saturated carbocycles. The average Bonchev–Trinajstić information content (AvgIpc) is 1.86. The fourth-order valence-electron chi connectivity index (χ4n) is 11.0. The van der Waals surface area contributed by atoms with Crippen molar-refractivity contribution >= 4 is 39.5 Å². The summed E-state index contributed by atoms with van der Waals surface area (Å²) in [7, 11) is -9.91. The van der Waals surface area contributed by atoms with E-state index < -0.39 is 97.5 Å². The molecule has 0 bridgehead atoms. The number of hydrogen-bond acceptors (Lipinski definition) is 15. The first-order valence-electron chi connectivity index (χ1n) is 37.7. The number of hydrogen-bond donors (Lipinski definition) is 3. The van der Waals surface area contributed by atoms with Gasteiger partial charge in [0.2, 0.25) is 0 Å². The van der Waals surface area contributed by atoms with Gasteiger partial charge in [0, 0.05) is 25.7 Å². The van der Waals surface area contributed by atoms with Crippen molar-refractivity contribution in [1.82, 2.24) is 0 Å². The van der Waals surface area contributed by atoms with Crippen LogP contribution in [-0.2, 0) is 65.4 Å². The smallest absolute Gasteiger partial charge is 0.462 e. The Hall–Kier alpha value is -1.94. The van der Waals surface area contributed by atoms with Crippen molar-refractivity contribution in [2.75, 3.05) is 39.6 Å². The summed E-state index contributed by atoms with van der Waals surface area (Å²) >= 11 is 0. The first-order valence-corrected chi connectivity index (χ1v) is 40.7. The van der Waals surface area contributed by atoms with Gasteiger partial charge in [0.1, 0.15) is 19.3 Å². The van der Waals surface area contributed by atoms with Crippen molar-refractivity contribution in [1.29, 1.82) is 0 Å². The van der Waals surface area contributed by atoms with Crippen LogP contribution in [0.1, 0.15) is 364 Å². The zero-order valence-electron chi connectivity index (χ0n) is 60.2. The van der Waals surface area contributed by atoms with Gasteiger partial charge in [-0.05, 0) is 49.4 Å². The minimum atomic E-state index is -4.95. The van der Waals surface area contributed by atoms with Crippen LogP contribution in [0.3, 0.4) is 0 Å². The number of esters is 4. The second-order valence-corrected chi connectivity index (χ2v) is 30.9. The van der Waals surface area contributed by atoms with Gasteiger partial charge in [0.25, 0.3) is 0 Å². The molecule has 0 aliphatic heterocycles. The Kier molecular flexibility index (Phi) is 61.3. The lowest BCUT2D eigenvalue weighted by Crippen LogP contribution is -2.30. The number of aliphatic hydroxyl groups excluding tert-OH is 1. The summed E-state index contributed by atoms with van der Waals surface area (Å²) < 4.78 is 68.4. The standard InChI is InChI=1S/C73H142O17P2/c1-9-66(8)52-44-36-31-32-38-46-54-71(76)84-60-69(90-72(77)55-47-39-29-21-16-14-12-10-11-13-15-19-25-33-41-49-63(2)3)62-88-92(81,82)86-58-67(74)57-85-91(79,80)87-61-68(59-83-70(75)53-45-37-28-24-23-27-35-43-51-65(6)7)89-73(78)56-48-40-30-22-18-17-20-26-34-42-50-64(4)5/h63-69,74H,9-62H2,1-8H3,(H,79,80)(H,81,82)/t66?,67?,68-,69-/m1/s1. The fraction of sp³-hybridized carbons (Fsp3) is 0.945. The molecular weight excluding hydrogens is 1210 g/mol. The third-order valence-electron chi connectivity index (χ3n) is 17.2. The van der Waals surface area contributed by atoms with Gasteiger partial charge in [-0.2, -0.15) is 0 Å². The predicted octanol–water partition coefficient (Wildman–Crippen LogP) is 20.9. The van der Waals surface area contributed by atoms with Crippen LogP contribution in [0, 0.1) is 23.7 Å². The third-order valence-corrected chi connectivity index (χ3v) is 19.1. The molecule has 0 heterocycles. The van der Waals surface area contributed by atoms with Crippen molar-refractivity contribution in [2.45, 2.75) is 382 Å². The highest BCUT2D eigenvalue weighted by atomic mass is 31.2. The molecule has 0 saturated heterocycles. The molecular formula is C73H142O17P2. The lowest BCUT2D eigenvalue weighted by atomic mass is 10.00. The maximum absolute atomic E-state index is 13.0. The van der Waals surface area contributed by atoms with Gasteiger partial charge in [-0.15, -0.1) is 0 Å². The van der Waals surface area contributed by atoms with E-state index in [-0.39, 0.29) is 25.7 Å². The van der Waals surface area contributed by atoms with Gasteiger partial charge in [-0.25, -0.2) is 9.13 Å². The van der Waals surface area contributed by atoms with E-state index in [9.17, 15) is 43.2 Å². The zero-order chi connectivity index (χ0) is 68.2. The van der Waals surface area contributed by atoms with Gasteiger partial charge >= 0.3 is 39.5 Å². The highest BCUT2D eigenvalue weighted by Crippen LogP contribution is 2.45.